The fourth-order valence-corrected chi connectivity index (χ4v) is 1.26. The molecule has 0 unspecified atom stereocenters. The van der Waals surface area contributed by atoms with Gasteiger partial charge in [0.25, 0.3) is 0 Å². The van der Waals surface area contributed by atoms with E-state index in [4.69, 9.17) is 4.84 Å². The van der Waals surface area contributed by atoms with Gasteiger partial charge in [0.2, 0.25) is 5.78 Å². The SMILES string of the molecule is O=C1C/C=C\c2ccccc2ONC1=O. The highest BCUT2D eigenvalue weighted by atomic mass is 16.7. The van der Waals surface area contributed by atoms with Gasteiger partial charge in [-0.05, 0) is 6.07 Å². The Kier molecular flexibility index (Phi) is 2.49. The molecule has 0 saturated heterocycles. The van der Waals surface area contributed by atoms with Gasteiger partial charge in [0.15, 0.2) is 5.75 Å². The molecule has 1 aliphatic rings. The quantitative estimate of drug-likeness (QED) is 0.642. The van der Waals surface area contributed by atoms with Gasteiger partial charge in [-0.3, -0.25) is 9.59 Å². The maximum atomic E-state index is 11.1. The zero-order valence-electron chi connectivity index (χ0n) is 7.90. The Labute approximate surface area is 86.5 Å². The summed E-state index contributed by atoms with van der Waals surface area (Å²) in [6, 6.07) is 7.20. The molecule has 1 amide bonds. The first-order valence-corrected chi connectivity index (χ1v) is 4.53. The second kappa shape index (κ2) is 3.96. The van der Waals surface area contributed by atoms with Crippen molar-refractivity contribution in [1.29, 1.82) is 0 Å². The van der Waals surface area contributed by atoms with Crippen LogP contribution in [0.4, 0.5) is 0 Å². The van der Waals surface area contributed by atoms with Gasteiger partial charge < -0.3 is 4.84 Å². The van der Waals surface area contributed by atoms with Crippen molar-refractivity contribution in [3.8, 4) is 5.75 Å². The molecular weight excluding hydrogens is 194 g/mol. The molecule has 0 fully saturated rings. The maximum Gasteiger partial charge on any atom is 0.320 e. The van der Waals surface area contributed by atoms with Crippen molar-refractivity contribution in [3.05, 3.63) is 35.9 Å². The fraction of sp³-hybridized carbons (Fsp3) is 0.0909. The van der Waals surface area contributed by atoms with Crippen LogP contribution in [0, 0.1) is 0 Å². The van der Waals surface area contributed by atoms with Crippen molar-refractivity contribution in [2.45, 2.75) is 6.42 Å². The Morgan fingerprint density at radius 1 is 1.20 bits per heavy atom. The summed E-state index contributed by atoms with van der Waals surface area (Å²) in [4.78, 5) is 27.3. The van der Waals surface area contributed by atoms with E-state index in [1.54, 1.807) is 24.3 Å². The average Bonchev–Trinajstić information content (AvgIpc) is 2.32. The van der Waals surface area contributed by atoms with E-state index in [-0.39, 0.29) is 6.42 Å². The normalized spacial score (nSPS) is 17.6. The summed E-state index contributed by atoms with van der Waals surface area (Å²) in [6.45, 7) is 0. The van der Waals surface area contributed by atoms with Crippen molar-refractivity contribution >= 4 is 17.8 Å². The lowest BCUT2D eigenvalue weighted by molar-refractivity contribution is -0.141. The zero-order valence-corrected chi connectivity index (χ0v) is 7.90. The first-order chi connectivity index (χ1) is 7.27. The van der Waals surface area contributed by atoms with Crippen LogP contribution in [-0.2, 0) is 9.59 Å². The predicted molar refractivity (Wildman–Crippen MR) is 53.9 cm³/mol. The maximum absolute atomic E-state index is 11.1. The molecule has 0 aromatic heterocycles. The smallest absolute Gasteiger partial charge is 0.320 e. The Bertz CT molecular complexity index is 437. The van der Waals surface area contributed by atoms with Crippen molar-refractivity contribution in [3.63, 3.8) is 0 Å². The van der Waals surface area contributed by atoms with Crippen LogP contribution in [0.25, 0.3) is 6.08 Å². The molecule has 0 saturated carbocycles. The number of hydroxylamine groups is 1. The number of ketones is 1. The van der Waals surface area contributed by atoms with Crippen molar-refractivity contribution in [2.75, 3.05) is 0 Å². The highest BCUT2D eigenvalue weighted by molar-refractivity contribution is 6.36. The molecule has 1 aromatic carbocycles. The number of Topliss-reactive ketones (excluding diaryl/α,β-unsaturated/α-hetero) is 1. The third kappa shape index (κ3) is 2.04. The summed E-state index contributed by atoms with van der Waals surface area (Å²) in [6.07, 6.45) is 3.49. The predicted octanol–water partition coefficient (Wildman–Crippen LogP) is 1.08. The molecule has 0 atom stereocenters. The van der Waals surface area contributed by atoms with Crippen LogP contribution in [0.5, 0.6) is 5.75 Å². The highest BCUT2D eigenvalue weighted by Gasteiger charge is 2.14. The van der Waals surface area contributed by atoms with E-state index in [1.165, 1.54) is 0 Å². The van der Waals surface area contributed by atoms with Crippen LogP contribution >= 0.6 is 0 Å². The second-order valence-electron chi connectivity index (χ2n) is 3.10. The van der Waals surface area contributed by atoms with Gasteiger partial charge in [-0.25, -0.2) is 0 Å². The summed E-state index contributed by atoms with van der Waals surface area (Å²) in [5.41, 5.74) is 2.93. The number of benzene rings is 1. The summed E-state index contributed by atoms with van der Waals surface area (Å²) in [5.74, 6) is -0.716. The molecule has 0 spiro atoms. The van der Waals surface area contributed by atoms with E-state index in [0.717, 1.165) is 5.56 Å². The molecule has 4 nitrogen and oxygen atoms in total. The molecule has 2 rings (SSSR count). The summed E-state index contributed by atoms with van der Waals surface area (Å²) < 4.78 is 0. The molecule has 0 bridgehead atoms. The van der Waals surface area contributed by atoms with Crippen LogP contribution in [0.15, 0.2) is 30.3 Å². The van der Waals surface area contributed by atoms with Crippen molar-refractivity contribution < 1.29 is 14.4 Å². The van der Waals surface area contributed by atoms with Gasteiger partial charge in [-0.1, -0.05) is 30.4 Å². The summed E-state index contributed by atoms with van der Waals surface area (Å²) >= 11 is 0. The van der Waals surface area contributed by atoms with E-state index in [1.807, 2.05) is 12.1 Å². The minimum Gasteiger partial charge on any atom is -0.379 e. The molecule has 4 heteroatoms. The standard InChI is InChI=1S/C11H9NO3/c13-9-6-3-5-8-4-1-2-7-10(8)15-12-11(9)14/h1-5,7H,6H2,(H,12,14)/b5-3-. The molecule has 1 aliphatic heterocycles. The molecule has 0 aliphatic carbocycles. The zero-order chi connectivity index (χ0) is 10.7. The van der Waals surface area contributed by atoms with Gasteiger partial charge in [-0.15, -0.1) is 0 Å². The largest absolute Gasteiger partial charge is 0.379 e. The first-order valence-electron chi connectivity index (χ1n) is 4.53. The number of nitrogens with one attached hydrogen (secondary N) is 1. The monoisotopic (exact) mass is 203 g/mol. The van der Waals surface area contributed by atoms with Crippen LogP contribution in [0.3, 0.4) is 0 Å². The van der Waals surface area contributed by atoms with Crippen LogP contribution < -0.4 is 10.3 Å². The van der Waals surface area contributed by atoms with Gasteiger partial charge >= 0.3 is 5.91 Å². The molecule has 1 heterocycles. The highest BCUT2D eigenvalue weighted by Crippen LogP contribution is 2.19. The Balaban J connectivity index is 2.34. The number of carbonyl (C=O) groups is 2. The minimum absolute atomic E-state index is 0.0868. The summed E-state index contributed by atoms with van der Waals surface area (Å²) in [5, 5.41) is 0. The second-order valence-corrected chi connectivity index (χ2v) is 3.10. The molecule has 76 valence electrons. The third-order valence-electron chi connectivity index (χ3n) is 2.03. The first kappa shape index (κ1) is 9.45. The van der Waals surface area contributed by atoms with Gasteiger partial charge in [0.05, 0.1) is 0 Å². The number of hydrogen-bond donors (Lipinski definition) is 1. The average molecular weight is 203 g/mol. The molecule has 1 aromatic rings. The molecule has 15 heavy (non-hydrogen) atoms. The van der Waals surface area contributed by atoms with Gasteiger partial charge in [-0.2, -0.15) is 5.48 Å². The van der Waals surface area contributed by atoms with E-state index in [2.05, 4.69) is 5.48 Å². The number of para-hydroxylation sites is 1. The number of amides is 1. The lowest BCUT2D eigenvalue weighted by Crippen LogP contribution is -2.33. The van der Waals surface area contributed by atoms with Gasteiger partial charge in [0, 0.05) is 12.0 Å². The molecule has 1 N–H and O–H groups in total. The number of hydrogen-bond acceptors (Lipinski definition) is 3. The van der Waals surface area contributed by atoms with Gasteiger partial charge in [0.1, 0.15) is 0 Å². The van der Waals surface area contributed by atoms with Crippen molar-refractivity contribution in [1.82, 2.24) is 5.48 Å². The Morgan fingerprint density at radius 3 is 2.87 bits per heavy atom. The topological polar surface area (TPSA) is 55.4 Å². The Morgan fingerprint density at radius 2 is 2.00 bits per heavy atom. The number of fused-ring (bicyclic) bond motifs is 1. The van der Waals surface area contributed by atoms with E-state index < -0.39 is 11.7 Å². The third-order valence-corrected chi connectivity index (χ3v) is 2.03. The number of carbonyl (C=O) groups excluding carboxylic acids is 2. The molecule has 0 radical (unpaired) electrons. The number of rotatable bonds is 0. The van der Waals surface area contributed by atoms with E-state index >= 15 is 0 Å². The van der Waals surface area contributed by atoms with E-state index in [9.17, 15) is 9.59 Å². The van der Waals surface area contributed by atoms with Crippen LogP contribution in [0.2, 0.25) is 0 Å². The summed E-state index contributed by atoms with van der Waals surface area (Å²) in [7, 11) is 0. The van der Waals surface area contributed by atoms with E-state index in [0.29, 0.717) is 5.75 Å². The fourth-order valence-electron chi connectivity index (χ4n) is 1.26. The lowest BCUT2D eigenvalue weighted by atomic mass is 10.1. The molecular formula is C11H9NO3. The number of allylic oxidation sites excluding steroid dienone is 1. The lowest BCUT2D eigenvalue weighted by Gasteiger charge is -2.06. The van der Waals surface area contributed by atoms with Crippen molar-refractivity contribution in [2.24, 2.45) is 0 Å². The Hall–Kier alpha value is -2.10. The van der Waals surface area contributed by atoms with Crippen LogP contribution in [-0.4, -0.2) is 11.7 Å². The van der Waals surface area contributed by atoms with Crippen LogP contribution in [0.1, 0.15) is 12.0 Å². The minimum atomic E-state index is -0.726.